The molecule has 0 radical (unpaired) electrons. The van der Waals surface area contributed by atoms with E-state index in [1.165, 1.54) is 0 Å². The van der Waals surface area contributed by atoms with Gasteiger partial charge >= 0.3 is 12.1 Å². The number of rotatable bonds is 8. The SMILES string of the molecule is CCC(C)C(NC(=O)OCC1c2ccccc2-c2ccccc21)C(=O)NC1C=CC(C(=O)O)C1. The number of hydrogen-bond acceptors (Lipinski definition) is 4. The van der Waals surface area contributed by atoms with Crippen molar-refractivity contribution in [2.24, 2.45) is 11.8 Å². The lowest BCUT2D eigenvalue weighted by molar-refractivity contribution is -0.140. The van der Waals surface area contributed by atoms with Gasteiger partial charge in [0.15, 0.2) is 0 Å². The summed E-state index contributed by atoms with van der Waals surface area (Å²) >= 11 is 0. The van der Waals surface area contributed by atoms with Gasteiger partial charge < -0.3 is 20.5 Å². The molecule has 0 spiro atoms. The van der Waals surface area contributed by atoms with Gasteiger partial charge in [0.25, 0.3) is 0 Å². The van der Waals surface area contributed by atoms with Gasteiger partial charge in [0.05, 0.1) is 5.92 Å². The van der Waals surface area contributed by atoms with Crippen LogP contribution in [-0.2, 0) is 14.3 Å². The lowest BCUT2D eigenvalue weighted by Gasteiger charge is -2.25. The Morgan fingerprint density at radius 3 is 2.21 bits per heavy atom. The maximum Gasteiger partial charge on any atom is 0.407 e. The van der Waals surface area contributed by atoms with Crippen LogP contribution in [0.25, 0.3) is 11.1 Å². The fraction of sp³-hybridized carbons (Fsp3) is 0.370. The van der Waals surface area contributed by atoms with Crippen molar-refractivity contribution >= 4 is 18.0 Å². The normalized spacial score (nSPS) is 20.2. The first kappa shape index (κ1) is 23.5. The largest absolute Gasteiger partial charge is 0.481 e. The fourth-order valence-electron chi connectivity index (χ4n) is 4.73. The van der Waals surface area contributed by atoms with Crippen LogP contribution in [0.1, 0.15) is 43.7 Å². The Kier molecular flexibility index (Phi) is 7.01. The van der Waals surface area contributed by atoms with Crippen molar-refractivity contribution in [1.29, 1.82) is 0 Å². The van der Waals surface area contributed by atoms with Crippen LogP contribution in [0.5, 0.6) is 0 Å². The van der Waals surface area contributed by atoms with Crippen molar-refractivity contribution < 1.29 is 24.2 Å². The minimum Gasteiger partial charge on any atom is -0.481 e. The smallest absolute Gasteiger partial charge is 0.407 e. The van der Waals surface area contributed by atoms with Gasteiger partial charge in [-0.2, -0.15) is 0 Å². The molecule has 2 aliphatic rings. The molecule has 0 aliphatic heterocycles. The van der Waals surface area contributed by atoms with Gasteiger partial charge in [-0.05, 0) is 34.6 Å². The third-order valence-electron chi connectivity index (χ3n) is 6.84. The van der Waals surface area contributed by atoms with Crippen molar-refractivity contribution in [3.63, 3.8) is 0 Å². The van der Waals surface area contributed by atoms with Crippen LogP contribution in [0.3, 0.4) is 0 Å². The molecule has 0 heterocycles. The quantitative estimate of drug-likeness (QED) is 0.513. The van der Waals surface area contributed by atoms with Crippen molar-refractivity contribution in [1.82, 2.24) is 10.6 Å². The molecule has 2 amide bonds. The number of hydrogen-bond donors (Lipinski definition) is 3. The average molecular weight is 463 g/mol. The van der Waals surface area contributed by atoms with Crippen LogP contribution in [0.2, 0.25) is 0 Å². The third kappa shape index (κ3) is 4.83. The molecule has 0 fully saturated rings. The predicted molar refractivity (Wildman–Crippen MR) is 128 cm³/mol. The minimum absolute atomic E-state index is 0.0643. The van der Waals surface area contributed by atoms with E-state index in [9.17, 15) is 14.4 Å². The summed E-state index contributed by atoms with van der Waals surface area (Å²) in [4.78, 5) is 36.8. The summed E-state index contributed by atoms with van der Waals surface area (Å²) in [6.45, 7) is 4.00. The first-order valence-electron chi connectivity index (χ1n) is 11.7. The van der Waals surface area contributed by atoms with E-state index in [2.05, 4.69) is 34.9 Å². The van der Waals surface area contributed by atoms with Crippen LogP contribution in [0.4, 0.5) is 4.79 Å². The van der Waals surface area contributed by atoms with E-state index in [0.717, 1.165) is 22.3 Å². The molecule has 4 unspecified atom stereocenters. The molecular weight excluding hydrogens is 432 g/mol. The Balaban J connectivity index is 1.39. The highest BCUT2D eigenvalue weighted by molar-refractivity contribution is 5.86. The maximum absolute atomic E-state index is 12.9. The number of carboxylic acids is 1. The first-order chi connectivity index (χ1) is 16.4. The number of carboxylic acid groups (broad SMARTS) is 1. The Labute approximate surface area is 199 Å². The van der Waals surface area contributed by atoms with Gasteiger partial charge in [-0.15, -0.1) is 0 Å². The van der Waals surface area contributed by atoms with Crippen molar-refractivity contribution in [3.8, 4) is 11.1 Å². The Bertz CT molecular complexity index is 1070. The number of carbonyl (C=O) groups excluding carboxylic acids is 2. The van der Waals surface area contributed by atoms with Gasteiger partial charge in [-0.1, -0.05) is 81.0 Å². The summed E-state index contributed by atoms with van der Waals surface area (Å²) < 4.78 is 5.61. The van der Waals surface area contributed by atoms with Crippen LogP contribution in [0, 0.1) is 11.8 Å². The number of alkyl carbamates (subject to hydrolysis) is 1. The average Bonchev–Trinajstić information content (AvgIpc) is 3.43. The second-order valence-corrected chi connectivity index (χ2v) is 9.01. The van der Waals surface area contributed by atoms with Gasteiger partial charge in [0.1, 0.15) is 12.6 Å². The summed E-state index contributed by atoms with van der Waals surface area (Å²) in [7, 11) is 0. The van der Waals surface area contributed by atoms with E-state index in [0.29, 0.717) is 12.8 Å². The number of amides is 2. The molecule has 178 valence electrons. The molecule has 2 aromatic rings. The minimum atomic E-state index is -0.914. The molecule has 3 N–H and O–H groups in total. The zero-order chi connectivity index (χ0) is 24.2. The highest BCUT2D eigenvalue weighted by atomic mass is 16.5. The molecule has 0 aromatic heterocycles. The molecular formula is C27H30N2O5. The molecule has 7 heteroatoms. The molecule has 2 aliphatic carbocycles. The Morgan fingerprint density at radius 1 is 1.03 bits per heavy atom. The van der Waals surface area contributed by atoms with E-state index < -0.39 is 24.0 Å². The Morgan fingerprint density at radius 2 is 1.65 bits per heavy atom. The zero-order valence-electron chi connectivity index (χ0n) is 19.4. The molecule has 4 atom stereocenters. The summed E-state index contributed by atoms with van der Waals surface area (Å²) in [6.07, 6.45) is 3.62. The molecule has 0 saturated heterocycles. The number of benzene rings is 2. The van der Waals surface area contributed by atoms with Gasteiger partial charge in [-0.3, -0.25) is 9.59 Å². The molecule has 0 bridgehead atoms. The summed E-state index contributed by atoms with van der Waals surface area (Å²) in [6, 6.07) is 15.1. The zero-order valence-corrected chi connectivity index (χ0v) is 19.4. The van der Waals surface area contributed by atoms with E-state index in [1.807, 2.05) is 38.1 Å². The predicted octanol–water partition coefficient (Wildman–Crippen LogP) is 4.09. The number of ether oxygens (including phenoxy) is 1. The van der Waals surface area contributed by atoms with Crippen LogP contribution in [0.15, 0.2) is 60.7 Å². The summed E-state index contributed by atoms with van der Waals surface area (Å²) in [5.74, 6) is -2.05. The third-order valence-corrected chi connectivity index (χ3v) is 6.84. The number of carbonyl (C=O) groups is 3. The van der Waals surface area contributed by atoms with E-state index >= 15 is 0 Å². The second kappa shape index (κ2) is 10.1. The van der Waals surface area contributed by atoms with Crippen molar-refractivity contribution in [3.05, 3.63) is 71.8 Å². The van der Waals surface area contributed by atoms with Crippen LogP contribution >= 0.6 is 0 Å². The van der Waals surface area contributed by atoms with Gasteiger partial charge in [0.2, 0.25) is 5.91 Å². The topological polar surface area (TPSA) is 105 Å². The number of aliphatic carboxylic acids is 1. The fourth-order valence-corrected chi connectivity index (χ4v) is 4.73. The molecule has 2 aromatic carbocycles. The maximum atomic E-state index is 12.9. The van der Waals surface area contributed by atoms with Gasteiger partial charge in [0, 0.05) is 12.0 Å². The molecule has 7 nitrogen and oxygen atoms in total. The lowest BCUT2D eigenvalue weighted by Crippen LogP contribution is -2.52. The summed E-state index contributed by atoms with van der Waals surface area (Å²) in [5.41, 5.74) is 4.53. The lowest BCUT2D eigenvalue weighted by atomic mass is 9.97. The monoisotopic (exact) mass is 462 g/mol. The molecule has 34 heavy (non-hydrogen) atoms. The van der Waals surface area contributed by atoms with Crippen molar-refractivity contribution in [2.75, 3.05) is 6.61 Å². The Hall–Kier alpha value is -3.61. The van der Waals surface area contributed by atoms with E-state index in [-0.39, 0.29) is 30.4 Å². The standard InChI is InChI=1S/C27H30N2O5/c1-3-16(2)24(25(30)28-18-13-12-17(14-18)26(31)32)29-27(33)34-15-23-21-10-6-4-8-19(21)20-9-5-7-11-22(20)23/h4-13,16-18,23-24H,3,14-15H2,1-2H3,(H,28,30)(H,29,33)(H,31,32). The molecule has 4 rings (SSSR count). The van der Waals surface area contributed by atoms with E-state index in [4.69, 9.17) is 9.84 Å². The second-order valence-electron chi connectivity index (χ2n) is 9.01. The number of nitrogens with one attached hydrogen (secondary N) is 2. The highest BCUT2D eigenvalue weighted by Crippen LogP contribution is 2.44. The van der Waals surface area contributed by atoms with Crippen LogP contribution in [-0.4, -0.2) is 41.8 Å². The molecule has 0 saturated carbocycles. The summed E-state index contributed by atoms with van der Waals surface area (Å²) in [5, 5.41) is 14.7. The van der Waals surface area contributed by atoms with E-state index in [1.54, 1.807) is 12.2 Å². The highest BCUT2D eigenvalue weighted by Gasteiger charge is 2.32. The van der Waals surface area contributed by atoms with Crippen LogP contribution < -0.4 is 10.6 Å². The number of fused-ring (bicyclic) bond motifs is 3. The van der Waals surface area contributed by atoms with Crippen molar-refractivity contribution in [2.45, 2.75) is 44.7 Å². The first-order valence-corrected chi connectivity index (χ1v) is 11.7. The van der Waals surface area contributed by atoms with Gasteiger partial charge in [-0.25, -0.2) is 4.79 Å².